The maximum absolute atomic E-state index is 13.8. The number of amides is 3. The molecule has 3 fully saturated rings. The molecule has 4 rings (SSSR count). The number of benzene rings is 1. The Morgan fingerprint density at radius 1 is 1.14 bits per heavy atom. The molecule has 1 N–H and O–H groups in total. The molecule has 2 atom stereocenters. The fourth-order valence-corrected chi connectivity index (χ4v) is 5.25. The van der Waals surface area contributed by atoms with Crippen molar-refractivity contribution in [1.29, 1.82) is 0 Å². The standard InChI is InChI=1S/C27H39N3O6/c1-26(2,3)16-23(31)29-13-11-27(12-14-29)30(25(33)19-7-9-20(34-4)10-8-19)22(18-36-27)24(32)28-17-21-6-5-15-35-21/h7-10,21-22H,5-6,11-18H2,1-4H3,(H,28,32)/t21-,22+/m0/s1. The highest BCUT2D eigenvalue weighted by Crippen LogP contribution is 2.39. The molecule has 3 aliphatic heterocycles. The summed E-state index contributed by atoms with van der Waals surface area (Å²) in [6, 6.07) is 6.12. The van der Waals surface area contributed by atoms with Gasteiger partial charge in [-0.1, -0.05) is 20.8 Å². The highest BCUT2D eigenvalue weighted by molar-refractivity contribution is 5.98. The molecule has 3 amide bonds. The van der Waals surface area contributed by atoms with Crippen LogP contribution in [0.2, 0.25) is 0 Å². The Bertz CT molecular complexity index is 943. The van der Waals surface area contributed by atoms with Crippen molar-refractivity contribution in [3.8, 4) is 5.75 Å². The maximum Gasteiger partial charge on any atom is 0.256 e. The van der Waals surface area contributed by atoms with E-state index in [2.05, 4.69) is 5.32 Å². The lowest BCUT2D eigenvalue weighted by Crippen LogP contribution is -2.60. The van der Waals surface area contributed by atoms with Gasteiger partial charge in [-0.2, -0.15) is 0 Å². The molecule has 0 bridgehead atoms. The second-order valence-electron chi connectivity index (χ2n) is 11.2. The van der Waals surface area contributed by atoms with Gasteiger partial charge < -0.3 is 24.4 Å². The zero-order chi connectivity index (χ0) is 25.9. The predicted octanol–water partition coefficient (Wildman–Crippen LogP) is 2.59. The molecule has 0 aromatic heterocycles. The summed E-state index contributed by atoms with van der Waals surface area (Å²) in [4.78, 5) is 43.4. The van der Waals surface area contributed by atoms with Crippen LogP contribution in [0.4, 0.5) is 0 Å². The van der Waals surface area contributed by atoms with Gasteiger partial charge in [0.05, 0.1) is 19.8 Å². The molecule has 0 aliphatic carbocycles. The van der Waals surface area contributed by atoms with Crippen LogP contribution in [0.5, 0.6) is 5.75 Å². The number of nitrogens with one attached hydrogen (secondary N) is 1. The third-order valence-corrected chi connectivity index (χ3v) is 7.23. The third kappa shape index (κ3) is 5.83. The Balaban J connectivity index is 1.52. The lowest BCUT2D eigenvalue weighted by Gasteiger charge is -2.45. The zero-order valence-electron chi connectivity index (χ0n) is 21.9. The third-order valence-electron chi connectivity index (χ3n) is 7.23. The second-order valence-corrected chi connectivity index (χ2v) is 11.2. The number of nitrogens with zero attached hydrogens (tertiary/aromatic N) is 2. The molecule has 9 heteroatoms. The van der Waals surface area contributed by atoms with Crippen LogP contribution < -0.4 is 10.1 Å². The van der Waals surface area contributed by atoms with E-state index in [1.807, 2.05) is 25.7 Å². The van der Waals surface area contributed by atoms with Crippen LogP contribution in [0.15, 0.2) is 24.3 Å². The van der Waals surface area contributed by atoms with E-state index in [0.29, 0.717) is 56.8 Å². The summed E-state index contributed by atoms with van der Waals surface area (Å²) < 4.78 is 17.1. The van der Waals surface area contributed by atoms with Crippen LogP contribution in [0.25, 0.3) is 0 Å². The molecule has 0 radical (unpaired) electrons. The van der Waals surface area contributed by atoms with Crippen LogP contribution in [-0.2, 0) is 19.1 Å². The first kappa shape index (κ1) is 26.4. The average Bonchev–Trinajstić information content (AvgIpc) is 3.50. The van der Waals surface area contributed by atoms with Crippen molar-refractivity contribution < 1.29 is 28.6 Å². The van der Waals surface area contributed by atoms with E-state index in [-0.39, 0.29) is 35.8 Å². The van der Waals surface area contributed by atoms with E-state index >= 15 is 0 Å². The monoisotopic (exact) mass is 501 g/mol. The van der Waals surface area contributed by atoms with Crippen molar-refractivity contribution in [2.24, 2.45) is 5.41 Å². The van der Waals surface area contributed by atoms with Gasteiger partial charge >= 0.3 is 0 Å². The summed E-state index contributed by atoms with van der Waals surface area (Å²) in [7, 11) is 1.57. The van der Waals surface area contributed by atoms with Crippen molar-refractivity contribution >= 4 is 17.7 Å². The SMILES string of the molecule is COc1ccc(C(=O)N2[C@@H](C(=O)NC[C@@H]3CCCO3)COC23CCN(C(=O)CC(C)(C)C)CC3)cc1. The first-order chi connectivity index (χ1) is 17.1. The fourth-order valence-electron chi connectivity index (χ4n) is 5.25. The number of carbonyl (C=O) groups excluding carboxylic acids is 3. The molecule has 3 heterocycles. The van der Waals surface area contributed by atoms with Gasteiger partial charge in [0.2, 0.25) is 11.8 Å². The maximum atomic E-state index is 13.8. The van der Waals surface area contributed by atoms with Crippen LogP contribution >= 0.6 is 0 Å². The van der Waals surface area contributed by atoms with Crippen molar-refractivity contribution in [1.82, 2.24) is 15.1 Å². The quantitative estimate of drug-likeness (QED) is 0.644. The normalized spacial score (nSPS) is 23.7. The van der Waals surface area contributed by atoms with E-state index in [9.17, 15) is 14.4 Å². The van der Waals surface area contributed by atoms with Gasteiger partial charge in [-0.25, -0.2) is 0 Å². The molecule has 36 heavy (non-hydrogen) atoms. The molecule has 3 aliphatic rings. The Labute approximate surface area is 213 Å². The van der Waals surface area contributed by atoms with E-state index in [0.717, 1.165) is 12.8 Å². The molecule has 1 aromatic rings. The van der Waals surface area contributed by atoms with E-state index < -0.39 is 11.8 Å². The zero-order valence-corrected chi connectivity index (χ0v) is 21.9. The summed E-state index contributed by atoms with van der Waals surface area (Å²) in [6.45, 7) is 8.35. The number of hydrogen-bond donors (Lipinski definition) is 1. The first-order valence-electron chi connectivity index (χ1n) is 12.9. The summed E-state index contributed by atoms with van der Waals surface area (Å²) >= 11 is 0. The molecule has 198 valence electrons. The van der Waals surface area contributed by atoms with E-state index in [4.69, 9.17) is 14.2 Å². The highest BCUT2D eigenvalue weighted by atomic mass is 16.5. The fraction of sp³-hybridized carbons (Fsp3) is 0.667. The number of rotatable bonds is 6. The lowest BCUT2D eigenvalue weighted by atomic mass is 9.90. The molecule has 0 unspecified atom stereocenters. The number of methoxy groups -OCH3 is 1. The Kier molecular flexibility index (Phi) is 7.90. The molecular formula is C27H39N3O6. The van der Waals surface area contributed by atoms with Crippen molar-refractivity contribution in [2.75, 3.05) is 40.0 Å². The van der Waals surface area contributed by atoms with E-state index in [1.165, 1.54) is 0 Å². The predicted molar refractivity (Wildman–Crippen MR) is 134 cm³/mol. The van der Waals surface area contributed by atoms with Gasteiger partial charge in [0.25, 0.3) is 5.91 Å². The number of hydrogen-bond acceptors (Lipinski definition) is 6. The van der Waals surface area contributed by atoms with Crippen molar-refractivity contribution in [3.05, 3.63) is 29.8 Å². The van der Waals surface area contributed by atoms with E-state index in [1.54, 1.807) is 36.3 Å². The van der Waals surface area contributed by atoms with Gasteiger partial charge in [-0.3, -0.25) is 19.3 Å². The largest absolute Gasteiger partial charge is 0.497 e. The minimum Gasteiger partial charge on any atom is -0.497 e. The smallest absolute Gasteiger partial charge is 0.256 e. The summed E-state index contributed by atoms with van der Waals surface area (Å²) in [5.74, 6) is 0.252. The topological polar surface area (TPSA) is 97.4 Å². The highest BCUT2D eigenvalue weighted by Gasteiger charge is 2.54. The summed E-state index contributed by atoms with van der Waals surface area (Å²) in [6.07, 6.45) is 3.29. The van der Waals surface area contributed by atoms with Gasteiger partial charge in [-0.05, 0) is 42.5 Å². The Hall–Kier alpha value is -2.65. The Morgan fingerprint density at radius 2 is 1.83 bits per heavy atom. The van der Waals surface area contributed by atoms with Crippen LogP contribution in [0.1, 0.15) is 63.2 Å². The lowest BCUT2D eigenvalue weighted by molar-refractivity contribution is -0.145. The molecule has 0 saturated carbocycles. The molecule has 1 aromatic carbocycles. The number of ether oxygens (including phenoxy) is 3. The van der Waals surface area contributed by atoms with Gasteiger partial charge in [0.15, 0.2) is 0 Å². The van der Waals surface area contributed by atoms with Gasteiger partial charge in [0, 0.05) is 51.1 Å². The van der Waals surface area contributed by atoms with Crippen molar-refractivity contribution in [3.63, 3.8) is 0 Å². The van der Waals surface area contributed by atoms with Gasteiger partial charge in [-0.15, -0.1) is 0 Å². The van der Waals surface area contributed by atoms with Gasteiger partial charge in [0.1, 0.15) is 17.5 Å². The van der Waals surface area contributed by atoms with Crippen LogP contribution in [0.3, 0.4) is 0 Å². The van der Waals surface area contributed by atoms with Crippen LogP contribution in [0, 0.1) is 5.41 Å². The average molecular weight is 502 g/mol. The number of carbonyl (C=O) groups is 3. The second kappa shape index (κ2) is 10.8. The Morgan fingerprint density at radius 3 is 2.42 bits per heavy atom. The molecule has 1 spiro atoms. The molecule has 3 saturated heterocycles. The minimum atomic E-state index is -0.929. The summed E-state index contributed by atoms with van der Waals surface area (Å²) in [5, 5.41) is 2.97. The van der Waals surface area contributed by atoms with Crippen LogP contribution in [-0.4, -0.2) is 85.3 Å². The number of piperidine rings is 1. The molecular weight excluding hydrogens is 462 g/mol. The first-order valence-corrected chi connectivity index (χ1v) is 12.9. The molecule has 9 nitrogen and oxygen atoms in total. The summed E-state index contributed by atoms with van der Waals surface area (Å²) in [5.41, 5.74) is -0.566. The van der Waals surface area contributed by atoms with Crippen molar-refractivity contribution in [2.45, 2.75) is 70.7 Å². The minimum absolute atomic E-state index is 0.00744. The number of likely N-dealkylation sites (tertiary alicyclic amines) is 1.